The molecule has 3 rings (SSSR count). The minimum absolute atomic E-state index is 0.223. The van der Waals surface area contributed by atoms with Crippen molar-refractivity contribution in [3.8, 4) is 0 Å². The van der Waals surface area contributed by atoms with Crippen molar-refractivity contribution in [2.75, 3.05) is 39.3 Å². The normalized spacial score (nSPS) is 21.9. The molecule has 0 aliphatic carbocycles. The molecule has 1 unspecified atom stereocenters. The quantitative estimate of drug-likeness (QED) is 0.902. The first-order valence-corrected chi connectivity index (χ1v) is 8.43. The Kier molecular flexibility index (Phi) is 4.62. The summed E-state index contributed by atoms with van der Waals surface area (Å²) in [7, 11) is 0. The van der Waals surface area contributed by atoms with E-state index in [1.807, 2.05) is 4.90 Å². The second-order valence-electron chi connectivity index (χ2n) is 5.94. The predicted molar refractivity (Wildman–Crippen MR) is 87.1 cm³/mol. The molecule has 0 bridgehead atoms. The summed E-state index contributed by atoms with van der Waals surface area (Å²) in [6, 6.07) is 8.93. The van der Waals surface area contributed by atoms with Crippen molar-refractivity contribution in [3.05, 3.63) is 34.3 Å². The maximum atomic E-state index is 12.2. The number of rotatable bonds is 3. The molecule has 1 aromatic carbocycles. The number of hydrogen-bond acceptors (Lipinski definition) is 3. The number of benzene rings is 1. The van der Waals surface area contributed by atoms with Gasteiger partial charge in [-0.3, -0.25) is 9.69 Å². The lowest BCUT2D eigenvalue weighted by Crippen LogP contribution is -2.56. The van der Waals surface area contributed by atoms with Crippen LogP contribution in [0.3, 0.4) is 0 Å². The fourth-order valence-electron chi connectivity index (χ4n) is 3.00. The third-order valence-corrected chi connectivity index (χ3v) is 5.19. The average Bonchev–Trinajstić information content (AvgIpc) is 2.46. The summed E-state index contributed by atoms with van der Waals surface area (Å²) in [5.41, 5.74) is 1.33. The highest BCUT2D eigenvalue weighted by molar-refractivity contribution is 9.10. The van der Waals surface area contributed by atoms with Gasteiger partial charge in [0.25, 0.3) is 0 Å². The van der Waals surface area contributed by atoms with Crippen LogP contribution in [0.5, 0.6) is 0 Å². The Labute approximate surface area is 134 Å². The van der Waals surface area contributed by atoms with Crippen molar-refractivity contribution >= 4 is 21.8 Å². The van der Waals surface area contributed by atoms with Gasteiger partial charge in [-0.15, -0.1) is 0 Å². The zero-order valence-corrected chi connectivity index (χ0v) is 14.0. The first-order valence-electron chi connectivity index (χ1n) is 7.64. The van der Waals surface area contributed by atoms with Gasteiger partial charge in [0.15, 0.2) is 0 Å². The average molecular weight is 352 g/mol. The van der Waals surface area contributed by atoms with Gasteiger partial charge in [0.1, 0.15) is 0 Å². The highest BCUT2D eigenvalue weighted by atomic mass is 79.9. The minimum Gasteiger partial charge on any atom is -0.340 e. The Morgan fingerprint density at radius 2 is 1.81 bits per heavy atom. The van der Waals surface area contributed by atoms with Crippen LogP contribution >= 0.6 is 15.9 Å². The van der Waals surface area contributed by atoms with Crippen LogP contribution in [0.1, 0.15) is 18.5 Å². The van der Waals surface area contributed by atoms with E-state index in [-0.39, 0.29) is 5.92 Å². The van der Waals surface area contributed by atoms with E-state index in [9.17, 15) is 4.79 Å². The van der Waals surface area contributed by atoms with Crippen LogP contribution < -0.4 is 5.32 Å². The molecule has 2 saturated heterocycles. The number of piperazine rings is 1. The van der Waals surface area contributed by atoms with Crippen LogP contribution in [0.25, 0.3) is 0 Å². The molecule has 0 spiro atoms. The van der Waals surface area contributed by atoms with E-state index in [2.05, 4.69) is 57.3 Å². The van der Waals surface area contributed by atoms with Crippen molar-refractivity contribution in [2.45, 2.75) is 13.0 Å². The second-order valence-corrected chi connectivity index (χ2v) is 6.86. The van der Waals surface area contributed by atoms with E-state index in [1.165, 1.54) is 5.56 Å². The predicted octanol–water partition coefficient (Wildman–Crippen LogP) is 1.87. The number of carbonyl (C=O) groups excluding carboxylic acids is 1. The lowest BCUT2D eigenvalue weighted by molar-refractivity contribution is -0.139. The fourth-order valence-corrected chi connectivity index (χ4v) is 3.27. The smallest absolute Gasteiger partial charge is 0.228 e. The number of nitrogens with zero attached hydrogens (tertiary/aromatic N) is 2. The number of hydrogen-bond donors (Lipinski definition) is 1. The standard InChI is InChI=1S/C16H22BrN3O/c1-12(13-2-4-15(17)5-3-13)19-6-8-20(9-7-19)16(21)14-10-18-11-14/h2-5,12,14,18H,6-11H2,1H3. The summed E-state index contributed by atoms with van der Waals surface area (Å²) in [6.45, 7) is 7.60. The van der Waals surface area contributed by atoms with Crippen LogP contribution in [0, 0.1) is 5.92 Å². The van der Waals surface area contributed by atoms with E-state index in [0.29, 0.717) is 11.9 Å². The Hall–Kier alpha value is -0.910. The summed E-state index contributed by atoms with van der Waals surface area (Å²) in [4.78, 5) is 16.7. The van der Waals surface area contributed by atoms with Crippen molar-refractivity contribution in [1.82, 2.24) is 15.1 Å². The summed E-state index contributed by atoms with van der Waals surface area (Å²) in [5, 5.41) is 3.17. The minimum atomic E-state index is 0.223. The third-order valence-electron chi connectivity index (χ3n) is 4.66. The SMILES string of the molecule is CC(c1ccc(Br)cc1)N1CCN(C(=O)C2CNC2)CC1. The van der Waals surface area contributed by atoms with Gasteiger partial charge < -0.3 is 10.2 Å². The molecule has 1 amide bonds. The first kappa shape index (κ1) is 15.0. The van der Waals surface area contributed by atoms with Crippen LogP contribution in [-0.2, 0) is 4.79 Å². The largest absolute Gasteiger partial charge is 0.340 e. The summed E-state index contributed by atoms with van der Waals surface area (Å²) in [5.74, 6) is 0.560. The van der Waals surface area contributed by atoms with E-state index in [0.717, 1.165) is 43.7 Å². The van der Waals surface area contributed by atoms with Gasteiger partial charge in [-0.25, -0.2) is 0 Å². The van der Waals surface area contributed by atoms with E-state index in [1.54, 1.807) is 0 Å². The fraction of sp³-hybridized carbons (Fsp3) is 0.562. The maximum absolute atomic E-state index is 12.2. The molecule has 0 saturated carbocycles. The summed E-state index contributed by atoms with van der Waals surface area (Å²) in [6.07, 6.45) is 0. The molecule has 0 aromatic heterocycles. The summed E-state index contributed by atoms with van der Waals surface area (Å²) >= 11 is 3.48. The van der Waals surface area contributed by atoms with Crippen molar-refractivity contribution < 1.29 is 4.79 Å². The van der Waals surface area contributed by atoms with Crippen molar-refractivity contribution in [3.63, 3.8) is 0 Å². The lowest BCUT2D eigenvalue weighted by Gasteiger charge is -2.40. The molecular formula is C16H22BrN3O. The van der Waals surface area contributed by atoms with Crippen LogP contribution in [0.15, 0.2) is 28.7 Å². The molecular weight excluding hydrogens is 330 g/mol. The number of carbonyl (C=O) groups is 1. The van der Waals surface area contributed by atoms with Crippen molar-refractivity contribution in [1.29, 1.82) is 0 Å². The van der Waals surface area contributed by atoms with Gasteiger partial charge in [0.05, 0.1) is 5.92 Å². The van der Waals surface area contributed by atoms with Gasteiger partial charge in [0.2, 0.25) is 5.91 Å². The Bertz CT molecular complexity index is 493. The highest BCUT2D eigenvalue weighted by Gasteiger charge is 2.31. The molecule has 0 radical (unpaired) electrons. The molecule has 5 heteroatoms. The van der Waals surface area contributed by atoms with Gasteiger partial charge in [0, 0.05) is 49.8 Å². The number of nitrogens with one attached hydrogen (secondary N) is 1. The van der Waals surface area contributed by atoms with Crippen LogP contribution in [0.2, 0.25) is 0 Å². The molecule has 2 heterocycles. The Balaban J connectivity index is 1.55. The zero-order valence-electron chi connectivity index (χ0n) is 12.4. The number of halogens is 1. The second kappa shape index (κ2) is 6.46. The van der Waals surface area contributed by atoms with Gasteiger partial charge >= 0.3 is 0 Å². The first-order chi connectivity index (χ1) is 10.1. The highest BCUT2D eigenvalue weighted by Crippen LogP contribution is 2.23. The molecule has 21 heavy (non-hydrogen) atoms. The zero-order chi connectivity index (χ0) is 14.8. The molecule has 1 atom stereocenters. The van der Waals surface area contributed by atoms with Gasteiger partial charge in [-0.2, -0.15) is 0 Å². The molecule has 2 aliphatic heterocycles. The Morgan fingerprint density at radius 3 is 2.33 bits per heavy atom. The van der Waals surface area contributed by atoms with E-state index >= 15 is 0 Å². The van der Waals surface area contributed by atoms with Crippen LogP contribution in [0.4, 0.5) is 0 Å². The van der Waals surface area contributed by atoms with Gasteiger partial charge in [-0.1, -0.05) is 28.1 Å². The molecule has 1 aromatic rings. The monoisotopic (exact) mass is 351 g/mol. The molecule has 2 aliphatic rings. The molecule has 1 N–H and O–H groups in total. The van der Waals surface area contributed by atoms with Gasteiger partial charge in [-0.05, 0) is 24.6 Å². The van der Waals surface area contributed by atoms with E-state index < -0.39 is 0 Å². The summed E-state index contributed by atoms with van der Waals surface area (Å²) < 4.78 is 1.11. The van der Waals surface area contributed by atoms with Crippen molar-refractivity contribution in [2.24, 2.45) is 5.92 Å². The number of amides is 1. The van der Waals surface area contributed by atoms with Crippen LogP contribution in [-0.4, -0.2) is 55.0 Å². The molecule has 114 valence electrons. The maximum Gasteiger partial charge on any atom is 0.228 e. The van der Waals surface area contributed by atoms with E-state index in [4.69, 9.17) is 0 Å². The Morgan fingerprint density at radius 1 is 1.19 bits per heavy atom. The molecule has 4 nitrogen and oxygen atoms in total. The topological polar surface area (TPSA) is 35.6 Å². The molecule has 2 fully saturated rings. The lowest BCUT2D eigenvalue weighted by atomic mass is 10.0. The third kappa shape index (κ3) is 3.30.